The van der Waals surface area contributed by atoms with E-state index in [1.165, 1.54) is 6.20 Å². The molecule has 0 aliphatic carbocycles. The lowest BCUT2D eigenvalue weighted by molar-refractivity contribution is -0.139. The van der Waals surface area contributed by atoms with Crippen molar-refractivity contribution in [2.24, 2.45) is 0 Å². The van der Waals surface area contributed by atoms with Crippen molar-refractivity contribution in [3.63, 3.8) is 0 Å². The maximum absolute atomic E-state index is 12.7. The van der Waals surface area contributed by atoms with Gasteiger partial charge in [0, 0.05) is 27.6 Å². The summed E-state index contributed by atoms with van der Waals surface area (Å²) < 4.78 is 10.5. The number of rotatable bonds is 5. The number of halogens is 1. The number of fused-ring (bicyclic) bond motifs is 1. The number of carbonyl (C=O) groups is 2. The van der Waals surface area contributed by atoms with E-state index in [1.54, 1.807) is 32.0 Å². The zero-order valence-corrected chi connectivity index (χ0v) is 14.8. The summed E-state index contributed by atoms with van der Waals surface area (Å²) in [6.07, 6.45) is 2.37. The molecule has 24 heavy (non-hydrogen) atoms. The van der Waals surface area contributed by atoms with Gasteiger partial charge in [0.15, 0.2) is 5.43 Å². The highest BCUT2D eigenvalue weighted by Gasteiger charge is 2.20. The first-order valence-electron chi connectivity index (χ1n) is 7.34. The number of ether oxygens (including phenoxy) is 2. The fourth-order valence-corrected chi connectivity index (χ4v) is 2.51. The molecule has 0 radical (unpaired) electrons. The van der Waals surface area contributed by atoms with Crippen LogP contribution in [0.25, 0.3) is 16.5 Å². The van der Waals surface area contributed by atoms with Crippen LogP contribution >= 0.6 is 15.9 Å². The monoisotopic (exact) mass is 393 g/mol. The number of esters is 2. The molecule has 0 aliphatic rings. The Bertz CT molecular complexity index is 869. The molecule has 2 rings (SSSR count). The second-order valence-corrected chi connectivity index (χ2v) is 5.67. The van der Waals surface area contributed by atoms with Crippen molar-refractivity contribution in [3.8, 4) is 0 Å². The Hall–Kier alpha value is -2.41. The maximum atomic E-state index is 12.7. The van der Waals surface area contributed by atoms with Crippen molar-refractivity contribution in [2.45, 2.75) is 13.8 Å². The summed E-state index contributed by atoms with van der Waals surface area (Å²) >= 11 is 3.31. The number of nitrogens with one attached hydrogen (secondary N) is 1. The van der Waals surface area contributed by atoms with Crippen molar-refractivity contribution in [2.75, 3.05) is 13.2 Å². The Morgan fingerprint density at radius 2 is 1.92 bits per heavy atom. The van der Waals surface area contributed by atoms with Gasteiger partial charge in [0.05, 0.1) is 24.4 Å². The molecular weight excluding hydrogens is 378 g/mol. The van der Waals surface area contributed by atoms with Crippen molar-refractivity contribution in [1.82, 2.24) is 4.98 Å². The van der Waals surface area contributed by atoms with Crippen molar-refractivity contribution >= 4 is 44.3 Å². The number of aromatic nitrogens is 1. The quantitative estimate of drug-likeness (QED) is 0.623. The lowest BCUT2D eigenvalue weighted by Gasteiger charge is -2.08. The van der Waals surface area contributed by atoms with Gasteiger partial charge in [-0.2, -0.15) is 0 Å². The van der Waals surface area contributed by atoms with E-state index < -0.39 is 11.9 Å². The van der Waals surface area contributed by atoms with Crippen LogP contribution in [0.2, 0.25) is 0 Å². The molecule has 6 nitrogen and oxygen atoms in total. The van der Waals surface area contributed by atoms with E-state index in [4.69, 9.17) is 9.47 Å². The molecule has 0 saturated carbocycles. The molecular formula is C17H16BrNO5. The average molecular weight is 394 g/mol. The molecule has 1 aromatic heterocycles. The van der Waals surface area contributed by atoms with Crippen LogP contribution in [-0.2, 0) is 19.1 Å². The van der Waals surface area contributed by atoms with Crippen LogP contribution in [0.4, 0.5) is 0 Å². The third-order valence-electron chi connectivity index (χ3n) is 3.18. The summed E-state index contributed by atoms with van der Waals surface area (Å²) in [4.78, 5) is 39.6. The Morgan fingerprint density at radius 1 is 1.21 bits per heavy atom. The molecule has 126 valence electrons. The van der Waals surface area contributed by atoms with Gasteiger partial charge >= 0.3 is 11.9 Å². The smallest absolute Gasteiger partial charge is 0.339 e. The summed E-state index contributed by atoms with van der Waals surface area (Å²) in [6.45, 7) is 3.57. The van der Waals surface area contributed by atoms with Gasteiger partial charge in [0.2, 0.25) is 0 Å². The van der Waals surface area contributed by atoms with E-state index in [9.17, 15) is 14.4 Å². The predicted molar refractivity (Wildman–Crippen MR) is 93.5 cm³/mol. The van der Waals surface area contributed by atoms with E-state index >= 15 is 0 Å². The first-order valence-corrected chi connectivity index (χ1v) is 8.14. The predicted octanol–water partition coefficient (Wildman–Crippen LogP) is 2.80. The normalized spacial score (nSPS) is 11.4. The first kappa shape index (κ1) is 17.9. The SMILES string of the molecule is CCOC(=O)/C=C(/C(=O)OCC)c1c[nH]c2ccc(Br)cc2c1=O. The minimum atomic E-state index is -0.759. The molecule has 7 heteroatoms. The zero-order chi connectivity index (χ0) is 17.7. The summed E-state index contributed by atoms with van der Waals surface area (Å²) in [5.41, 5.74) is 0.144. The molecule has 0 unspecified atom stereocenters. The van der Waals surface area contributed by atoms with Gasteiger partial charge < -0.3 is 14.5 Å². The van der Waals surface area contributed by atoms with Gasteiger partial charge in [-0.25, -0.2) is 9.59 Å². The average Bonchev–Trinajstić information content (AvgIpc) is 2.54. The lowest BCUT2D eigenvalue weighted by atomic mass is 10.0. The lowest BCUT2D eigenvalue weighted by Crippen LogP contribution is -2.17. The Morgan fingerprint density at radius 3 is 2.58 bits per heavy atom. The summed E-state index contributed by atoms with van der Waals surface area (Å²) in [6, 6.07) is 5.17. The third-order valence-corrected chi connectivity index (χ3v) is 3.67. The van der Waals surface area contributed by atoms with Crippen molar-refractivity contribution in [1.29, 1.82) is 0 Å². The second-order valence-electron chi connectivity index (χ2n) is 4.75. The summed E-state index contributed by atoms with van der Waals surface area (Å²) in [5, 5.41) is 0.390. The molecule has 0 spiro atoms. The highest BCUT2D eigenvalue weighted by molar-refractivity contribution is 9.10. The zero-order valence-electron chi connectivity index (χ0n) is 13.2. The standard InChI is InChI=1S/C17H16BrNO5/c1-3-23-15(20)8-11(17(22)24-4-2)13-9-19-14-6-5-10(18)7-12(14)16(13)21/h5-9H,3-4H2,1-2H3,(H,19,21)/b11-8+. The van der Waals surface area contributed by atoms with E-state index in [0.717, 1.165) is 10.5 Å². The molecule has 1 aromatic carbocycles. The highest BCUT2D eigenvalue weighted by atomic mass is 79.9. The van der Waals surface area contributed by atoms with Crippen LogP contribution in [-0.4, -0.2) is 30.1 Å². The van der Waals surface area contributed by atoms with Gasteiger partial charge in [0.25, 0.3) is 0 Å². The Balaban J connectivity index is 2.63. The number of carbonyl (C=O) groups excluding carboxylic acids is 2. The summed E-state index contributed by atoms with van der Waals surface area (Å²) in [7, 11) is 0. The number of pyridine rings is 1. The van der Waals surface area contributed by atoms with Gasteiger partial charge in [-0.15, -0.1) is 0 Å². The highest BCUT2D eigenvalue weighted by Crippen LogP contribution is 2.19. The molecule has 0 atom stereocenters. The minimum Gasteiger partial charge on any atom is -0.463 e. The van der Waals surface area contributed by atoms with Gasteiger partial charge in [-0.1, -0.05) is 15.9 Å². The van der Waals surface area contributed by atoms with Crippen LogP contribution in [0.5, 0.6) is 0 Å². The number of hydrogen-bond donors (Lipinski definition) is 1. The van der Waals surface area contributed by atoms with E-state index in [0.29, 0.717) is 10.9 Å². The second kappa shape index (κ2) is 7.92. The van der Waals surface area contributed by atoms with Crippen LogP contribution in [0.15, 0.2) is 39.7 Å². The summed E-state index contributed by atoms with van der Waals surface area (Å²) in [5.74, 6) is -1.47. The fraction of sp³-hybridized carbons (Fsp3) is 0.235. The molecule has 1 heterocycles. The molecule has 1 N–H and O–H groups in total. The first-order chi connectivity index (χ1) is 11.5. The van der Waals surface area contributed by atoms with E-state index in [1.807, 2.05) is 0 Å². The van der Waals surface area contributed by atoms with E-state index in [-0.39, 0.29) is 29.8 Å². The molecule has 0 fully saturated rings. The number of H-pyrrole nitrogens is 1. The minimum absolute atomic E-state index is 0.0482. The topological polar surface area (TPSA) is 85.5 Å². The molecule has 0 amide bonds. The van der Waals surface area contributed by atoms with Crippen LogP contribution < -0.4 is 5.43 Å². The van der Waals surface area contributed by atoms with Crippen LogP contribution in [0.1, 0.15) is 19.4 Å². The molecule has 0 saturated heterocycles. The Kier molecular flexibility index (Phi) is 5.92. The number of hydrogen-bond acceptors (Lipinski definition) is 5. The van der Waals surface area contributed by atoms with Gasteiger partial charge in [0.1, 0.15) is 0 Å². The van der Waals surface area contributed by atoms with E-state index in [2.05, 4.69) is 20.9 Å². The van der Waals surface area contributed by atoms with Crippen LogP contribution in [0, 0.1) is 0 Å². The van der Waals surface area contributed by atoms with Crippen molar-refractivity contribution < 1.29 is 19.1 Å². The van der Waals surface area contributed by atoms with Crippen LogP contribution in [0.3, 0.4) is 0 Å². The fourth-order valence-electron chi connectivity index (χ4n) is 2.15. The third kappa shape index (κ3) is 3.91. The molecule has 2 aromatic rings. The number of benzene rings is 1. The largest absolute Gasteiger partial charge is 0.463 e. The van der Waals surface area contributed by atoms with Crippen molar-refractivity contribution in [3.05, 3.63) is 50.7 Å². The van der Waals surface area contributed by atoms with Gasteiger partial charge in [-0.05, 0) is 32.0 Å². The molecule has 0 bridgehead atoms. The number of aromatic amines is 1. The maximum Gasteiger partial charge on any atom is 0.339 e. The Labute approximate surface area is 146 Å². The molecule has 0 aliphatic heterocycles. The van der Waals surface area contributed by atoms with Gasteiger partial charge in [-0.3, -0.25) is 4.79 Å².